The van der Waals surface area contributed by atoms with E-state index in [0.717, 1.165) is 12.2 Å². The maximum atomic E-state index is 5.20. The van der Waals surface area contributed by atoms with Gasteiger partial charge in [0.15, 0.2) is 0 Å². The van der Waals surface area contributed by atoms with E-state index in [0.29, 0.717) is 12.1 Å². The van der Waals surface area contributed by atoms with Gasteiger partial charge in [0.2, 0.25) is 0 Å². The van der Waals surface area contributed by atoms with Gasteiger partial charge in [-0.3, -0.25) is 0 Å². The summed E-state index contributed by atoms with van der Waals surface area (Å²) in [6.45, 7) is 4.42. The zero-order chi connectivity index (χ0) is 14.4. The van der Waals surface area contributed by atoms with Crippen LogP contribution in [0.15, 0.2) is 54.6 Å². The molecule has 2 aromatic rings. The number of nitrogens with one attached hydrogen (secondary N) is 1. The third-order valence-electron chi connectivity index (χ3n) is 3.68. The van der Waals surface area contributed by atoms with Crippen LogP contribution in [0.2, 0.25) is 0 Å². The molecule has 106 valence electrons. The van der Waals surface area contributed by atoms with Crippen LogP contribution in [-0.4, -0.2) is 7.11 Å². The highest BCUT2D eigenvalue weighted by atomic mass is 16.5. The number of rotatable bonds is 6. The summed E-state index contributed by atoms with van der Waals surface area (Å²) in [5.74, 6) is 0.899. The lowest BCUT2D eigenvalue weighted by Crippen LogP contribution is -2.24. The molecule has 0 fully saturated rings. The first-order valence-electron chi connectivity index (χ1n) is 7.19. The normalized spacial score (nSPS) is 13.8. The number of methoxy groups -OCH3 is 1. The van der Waals surface area contributed by atoms with Gasteiger partial charge in [-0.15, -0.1) is 0 Å². The largest absolute Gasteiger partial charge is 0.497 e. The summed E-state index contributed by atoms with van der Waals surface area (Å²) in [5.41, 5.74) is 2.62. The Labute approximate surface area is 121 Å². The molecule has 2 heteroatoms. The van der Waals surface area contributed by atoms with E-state index in [-0.39, 0.29) is 0 Å². The molecule has 0 aliphatic carbocycles. The predicted octanol–water partition coefficient (Wildman–Crippen LogP) is 4.50. The van der Waals surface area contributed by atoms with E-state index in [9.17, 15) is 0 Å². The van der Waals surface area contributed by atoms with Crippen LogP contribution >= 0.6 is 0 Å². The van der Waals surface area contributed by atoms with Crippen molar-refractivity contribution in [2.75, 3.05) is 7.11 Å². The summed E-state index contributed by atoms with van der Waals surface area (Å²) in [7, 11) is 1.69. The first kappa shape index (κ1) is 14.6. The van der Waals surface area contributed by atoms with Crippen LogP contribution in [-0.2, 0) is 0 Å². The molecule has 2 nitrogen and oxygen atoms in total. The Bertz CT molecular complexity index is 507. The van der Waals surface area contributed by atoms with E-state index >= 15 is 0 Å². The van der Waals surface area contributed by atoms with Crippen molar-refractivity contribution in [3.05, 3.63) is 65.7 Å². The van der Waals surface area contributed by atoms with Crippen molar-refractivity contribution >= 4 is 0 Å². The minimum absolute atomic E-state index is 0.311. The minimum atomic E-state index is 0.311. The molecular weight excluding hydrogens is 246 g/mol. The summed E-state index contributed by atoms with van der Waals surface area (Å²) >= 11 is 0. The Kier molecular flexibility index (Phi) is 5.19. The van der Waals surface area contributed by atoms with Crippen LogP contribution in [0.25, 0.3) is 0 Å². The Hall–Kier alpha value is -1.80. The zero-order valence-corrected chi connectivity index (χ0v) is 12.5. The average Bonchev–Trinajstić information content (AvgIpc) is 2.53. The van der Waals surface area contributed by atoms with Crippen molar-refractivity contribution in [1.82, 2.24) is 5.32 Å². The van der Waals surface area contributed by atoms with Crippen molar-refractivity contribution in [1.29, 1.82) is 0 Å². The molecule has 0 saturated carbocycles. The molecule has 0 aromatic heterocycles. The van der Waals surface area contributed by atoms with Crippen LogP contribution in [0.1, 0.15) is 43.5 Å². The number of hydrogen-bond donors (Lipinski definition) is 1. The van der Waals surface area contributed by atoms with E-state index in [1.165, 1.54) is 11.1 Å². The fourth-order valence-electron chi connectivity index (χ4n) is 2.43. The SMILES string of the molecule is CCC(NC(C)c1ccc(OC)cc1)c1ccccc1. The fourth-order valence-corrected chi connectivity index (χ4v) is 2.43. The molecule has 0 radical (unpaired) electrons. The molecule has 1 N–H and O–H groups in total. The molecule has 20 heavy (non-hydrogen) atoms. The molecule has 0 saturated heterocycles. The monoisotopic (exact) mass is 269 g/mol. The van der Waals surface area contributed by atoms with Gasteiger partial charge in [-0.05, 0) is 36.6 Å². The van der Waals surface area contributed by atoms with E-state index in [2.05, 4.69) is 61.6 Å². The number of hydrogen-bond acceptors (Lipinski definition) is 2. The molecule has 0 aliphatic rings. The lowest BCUT2D eigenvalue weighted by molar-refractivity contribution is 0.413. The molecule has 0 spiro atoms. The van der Waals surface area contributed by atoms with Gasteiger partial charge in [0, 0.05) is 12.1 Å². The van der Waals surface area contributed by atoms with Crippen molar-refractivity contribution < 1.29 is 4.74 Å². The quantitative estimate of drug-likeness (QED) is 0.834. The van der Waals surface area contributed by atoms with Crippen LogP contribution in [0, 0.1) is 0 Å². The smallest absolute Gasteiger partial charge is 0.118 e. The van der Waals surface area contributed by atoms with Gasteiger partial charge in [0.25, 0.3) is 0 Å². The molecule has 2 atom stereocenters. The Balaban J connectivity index is 2.06. The highest BCUT2D eigenvalue weighted by Gasteiger charge is 2.13. The summed E-state index contributed by atoms with van der Waals surface area (Å²) in [4.78, 5) is 0. The maximum absolute atomic E-state index is 5.20. The van der Waals surface area contributed by atoms with Gasteiger partial charge in [-0.2, -0.15) is 0 Å². The highest BCUT2D eigenvalue weighted by molar-refractivity contribution is 5.29. The van der Waals surface area contributed by atoms with Crippen LogP contribution in [0.4, 0.5) is 0 Å². The average molecular weight is 269 g/mol. The Morgan fingerprint density at radius 1 is 0.950 bits per heavy atom. The van der Waals surface area contributed by atoms with Gasteiger partial charge in [-0.1, -0.05) is 49.4 Å². The topological polar surface area (TPSA) is 21.3 Å². The van der Waals surface area contributed by atoms with E-state index in [1.807, 2.05) is 12.1 Å². The summed E-state index contributed by atoms with van der Waals surface area (Å²) < 4.78 is 5.20. The van der Waals surface area contributed by atoms with Crippen molar-refractivity contribution in [3.8, 4) is 5.75 Å². The first-order chi connectivity index (χ1) is 9.74. The van der Waals surface area contributed by atoms with Crippen molar-refractivity contribution in [3.63, 3.8) is 0 Å². The summed E-state index contributed by atoms with van der Waals surface area (Å²) in [6, 6.07) is 19.6. The second kappa shape index (κ2) is 7.11. The minimum Gasteiger partial charge on any atom is -0.497 e. The third-order valence-corrected chi connectivity index (χ3v) is 3.68. The molecule has 0 bridgehead atoms. The second-order valence-electron chi connectivity index (χ2n) is 5.03. The lowest BCUT2D eigenvalue weighted by atomic mass is 10.0. The van der Waals surface area contributed by atoms with E-state index < -0.39 is 0 Å². The molecule has 2 rings (SSSR count). The fraction of sp³-hybridized carbons (Fsp3) is 0.333. The van der Waals surface area contributed by atoms with Crippen LogP contribution < -0.4 is 10.1 Å². The Morgan fingerprint density at radius 2 is 1.60 bits per heavy atom. The molecule has 0 heterocycles. The van der Waals surface area contributed by atoms with Gasteiger partial charge >= 0.3 is 0 Å². The van der Waals surface area contributed by atoms with Crippen molar-refractivity contribution in [2.45, 2.75) is 32.4 Å². The van der Waals surface area contributed by atoms with Gasteiger partial charge < -0.3 is 10.1 Å². The standard InChI is InChI=1S/C18H23NO/c1-4-18(16-8-6-5-7-9-16)19-14(2)15-10-12-17(20-3)13-11-15/h5-14,18-19H,4H2,1-3H3. The highest BCUT2D eigenvalue weighted by Crippen LogP contribution is 2.23. The predicted molar refractivity (Wildman–Crippen MR) is 84.0 cm³/mol. The molecular formula is C18H23NO. The zero-order valence-electron chi connectivity index (χ0n) is 12.5. The molecule has 2 unspecified atom stereocenters. The van der Waals surface area contributed by atoms with Gasteiger partial charge in [0.05, 0.1) is 7.11 Å². The van der Waals surface area contributed by atoms with Crippen LogP contribution in [0.3, 0.4) is 0 Å². The third kappa shape index (κ3) is 3.61. The summed E-state index contributed by atoms with van der Waals surface area (Å²) in [6.07, 6.45) is 1.07. The lowest BCUT2D eigenvalue weighted by Gasteiger charge is -2.23. The summed E-state index contributed by atoms with van der Waals surface area (Å²) in [5, 5.41) is 3.70. The van der Waals surface area contributed by atoms with Gasteiger partial charge in [0.1, 0.15) is 5.75 Å². The second-order valence-corrected chi connectivity index (χ2v) is 5.03. The van der Waals surface area contributed by atoms with Gasteiger partial charge in [-0.25, -0.2) is 0 Å². The molecule has 2 aromatic carbocycles. The number of benzene rings is 2. The molecule has 0 amide bonds. The number of ether oxygens (including phenoxy) is 1. The van der Waals surface area contributed by atoms with E-state index in [4.69, 9.17) is 4.74 Å². The Morgan fingerprint density at radius 3 is 2.15 bits per heavy atom. The maximum Gasteiger partial charge on any atom is 0.118 e. The first-order valence-corrected chi connectivity index (χ1v) is 7.19. The molecule has 0 aliphatic heterocycles. The van der Waals surface area contributed by atoms with E-state index in [1.54, 1.807) is 7.11 Å². The van der Waals surface area contributed by atoms with Crippen molar-refractivity contribution in [2.24, 2.45) is 0 Å². The van der Waals surface area contributed by atoms with Crippen LogP contribution in [0.5, 0.6) is 5.75 Å².